The summed E-state index contributed by atoms with van der Waals surface area (Å²) in [7, 11) is 0. The van der Waals surface area contributed by atoms with Gasteiger partial charge >= 0.3 is 0 Å². The number of anilines is 1. The third-order valence-corrected chi connectivity index (χ3v) is 2.93. The van der Waals surface area contributed by atoms with Crippen LogP contribution in [-0.4, -0.2) is 11.5 Å². The van der Waals surface area contributed by atoms with E-state index >= 15 is 0 Å². The van der Waals surface area contributed by atoms with Crippen molar-refractivity contribution in [3.63, 3.8) is 0 Å². The van der Waals surface area contributed by atoms with E-state index in [1.807, 2.05) is 60.7 Å². The predicted octanol–water partition coefficient (Wildman–Crippen LogP) is 3.10. The minimum absolute atomic E-state index is 0.0814. The highest BCUT2D eigenvalue weighted by Crippen LogP contribution is 2.18. The monoisotopic (exact) mass is 248 g/mol. The molecule has 92 valence electrons. The van der Waals surface area contributed by atoms with Crippen LogP contribution >= 0.6 is 0 Å². The van der Waals surface area contributed by atoms with Gasteiger partial charge in [-0.2, -0.15) is 5.10 Å². The third kappa shape index (κ3) is 2.31. The van der Waals surface area contributed by atoms with Gasteiger partial charge in [0.15, 0.2) is 0 Å². The molecule has 0 bridgehead atoms. The molecular weight excluding hydrogens is 236 g/mol. The Kier molecular flexibility index (Phi) is 2.94. The molecule has 0 atom stereocenters. The standard InChI is InChI=1S/C16H12N2O/c19-15-11-10-12-6-4-5-9-14(12)16(15)18-17-13-7-2-1-3-8-13/h1-11,17H/b18-16+. The van der Waals surface area contributed by atoms with Gasteiger partial charge in [-0.05, 0) is 23.8 Å². The van der Waals surface area contributed by atoms with Gasteiger partial charge in [0.05, 0.1) is 5.69 Å². The Bertz CT molecular complexity index is 672. The summed E-state index contributed by atoms with van der Waals surface area (Å²) in [6.45, 7) is 0. The number of para-hydroxylation sites is 1. The lowest BCUT2D eigenvalue weighted by Gasteiger charge is -2.12. The van der Waals surface area contributed by atoms with E-state index < -0.39 is 0 Å². The van der Waals surface area contributed by atoms with Crippen molar-refractivity contribution < 1.29 is 4.79 Å². The molecule has 2 aromatic carbocycles. The zero-order chi connectivity index (χ0) is 13.1. The number of ketones is 1. The number of carbonyl (C=O) groups excluding carboxylic acids is 1. The van der Waals surface area contributed by atoms with Crippen molar-refractivity contribution in [3.05, 3.63) is 71.8 Å². The van der Waals surface area contributed by atoms with Gasteiger partial charge in [-0.1, -0.05) is 48.5 Å². The Balaban J connectivity index is 1.96. The SMILES string of the molecule is O=C1C=Cc2ccccc2/C1=N\Nc1ccccc1. The Hall–Kier alpha value is -2.68. The number of rotatable bonds is 2. The quantitative estimate of drug-likeness (QED) is 0.830. The van der Waals surface area contributed by atoms with E-state index in [1.54, 1.807) is 6.08 Å². The fraction of sp³-hybridized carbons (Fsp3) is 0. The minimum Gasteiger partial charge on any atom is -0.287 e. The summed E-state index contributed by atoms with van der Waals surface area (Å²) in [6, 6.07) is 17.3. The van der Waals surface area contributed by atoms with E-state index in [0.717, 1.165) is 16.8 Å². The molecule has 0 heterocycles. The zero-order valence-corrected chi connectivity index (χ0v) is 10.2. The third-order valence-electron chi connectivity index (χ3n) is 2.93. The molecule has 0 radical (unpaired) electrons. The molecule has 19 heavy (non-hydrogen) atoms. The first kappa shape index (κ1) is 11.4. The normalized spacial score (nSPS) is 15.4. The van der Waals surface area contributed by atoms with Crippen molar-refractivity contribution in [1.82, 2.24) is 0 Å². The molecule has 0 spiro atoms. The molecule has 0 aromatic heterocycles. The lowest BCUT2D eigenvalue weighted by atomic mass is 9.95. The summed E-state index contributed by atoms with van der Waals surface area (Å²) in [5.74, 6) is -0.0814. The molecule has 0 fully saturated rings. The first-order valence-corrected chi connectivity index (χ1v) is 6.05. The molecule has 1 aliphatic carbocycles. The number of fused-ring (bicyclic) bond motifs is 1. The van der Waals surface area contributed by atoms with Crippen LogP contribution in [0.5, 0.6) is 0 Å². The second kappa shape index (κ2) is 4.90. The molecule has 1 aliphatic rings. The van der Waals surface area contributed by atoms with Crippen LogP contribution in [0.2, 0.25) is 0 Å². The summed E-state index contributed by atoms with van der Waals surface area (Å²) in [5, 5.41) is 4.24. The average Bonchev–Trinajstić information content (AvgIpc) is 2.47. The van der Waals surface area contributed by atoms with Crippen LogP contribution < -0.4 is 5.43 Å². The Morgan fingerprint density at radius 2 is 1.58 bits per heavy atom. The Morgan fingerprint density at radius 1 is 0.842 bits per heavy atom. The summed E-state index contributed by atoms with van der Waals surface area (Å²) in [6.07, 6.45) is 3.37. The molecule has 3 heteroatoms. The molecule has 0 saturated carbocycles. The molecular formula is C16H12N2O. The molecule has 1 N–H and O–H groups in total. The van der Waals surface area contributed by atoms with Gasteiger partial charge < -0.3 is 0 Å². The molecule has 0 unspecified atom stereocenters. The molecule has 2 aromatic rings. The first-order valence-electron chi connectivity index (χ1n) is 6.05. The number of carbonyl (C=O) groups is 1. The first-order chi connectivity index (χ1) is 9.34. The smallest absolute Gasteiger partial charge is 0.206 e. The molecule has 3 rings (SSSR count). The maximum atomic E-state index is 11.9. The van der Waals surface area contributed by atoms with Crippen molar-refractivity contribution in [2.45, 2.75) is 0 Å². The Morgan fingerprint density at radius 3 is 2.42 bits per heavy atom. The highest BCUT2D eigenvalue weighted by molar-refractivity contribution is 6.52. The van der Waals surface area contributed by atoms with Gasteiger partial charge in [0, 0.05) is 5.56 Å². The van der Waals surface area contributed by atoms with E-state index in [4.69, 9.17) is 0 Å². The van der Waals surface area contributed by atoms with Gasteiger partial charge in [-0.15, -0.1) is 0 Å². The molecule has 0 saturated heterocycles. The van der Waals surface area contributed by atoms with Crippen molar-refractivity contribution in [2.75, 3.05) is 5.43 Å². The number of allylic oxidation sites excluding steroid dienone is 1. The fourth-order valence-electron chi connectivity index (χ4n) is 1.98. The summed E-state index contributed by atoms with van der Waals surface area (Å²) in [5.41, 5.74) is 6.09. The highest BCUT2D eigenvalue weighted by Gasteiger charge is 2.18. The second-order valence-electron chi connectivity index (χ2n) is 4.22. The fourth-order valence-corrected chi connectivity index (χ4v) is 1.98. The lowest BCUT2D eigenvalue weighted by molar-refractivity contribution is -0.108. The topological polar surface area (TPSA) is 41.5 Å². The van der Waals surface area contributed by atoms with Crippen LogP contribution in [0.1, 0.15) is 11.1 Å². The number of hydrogen-bond donors (Lipinski definition) is 1. The van der Waals surface area contributed by atoms with E-state index in [1.165, 1.54) is 0 Å². The zero-order valence-electron chi connectivity index (χ0n) is 10.2. The van der Waals surface area contributed by atoms with E-state index in [-0.39, 0.29) is 5.78 Å². The Labute approximate surface area is 111 Å². The van der Waals surface area contributed by atoms with Crippen LogP contribution in [0.15, 0.2) is 65.8 Å². The predicted molar refractivity (Wildman–Crippen MR) is 77.1 cm³/mol. The maximum Gasteiger partial charge on any atom is 0.206 e. The van der Waals surface area contributed by atoms with Crippen molar-refractivity contribution >= 4 is 23.3 Å². The van der Waals surface area contributed by atoms with Crippen molar-refractivity contribution in [2.24, 2.45) is 5.10 Å². The van der Waals surface area contributed by atoms with Crippen LogP contribution in [0.3, 0.4) is 0 Å². The summed E-state index contributed by atoms with van der Waals surface area (Å²) in [4.78, 5) is 11.9. The van der Waals surface area contributed by atoms with Crippen LogP contribution in [-0.2, 0) is 4.79 Å². The van der Waals surface area contributed by atoms with E-state index in [9.17, 15) is 4.79 Å². The molecule has 0 amide bonds. The van der Waals surface area contributed by atoms with Crippen LogP contribution in [0, 0.1) is 0 Å². The number of hydrazone groups is 1. The number of hydrogen-bond acceptors (Lipinski definition) is 3. The molecule has 3 nitrogen and oxygen atoms in total. The number of benzene rings is 2. The lowest BCUT2D eigenvalue weighted by Crippen LogP contribution is -2.19. The van der Waals surface area contributed by atoms with Gasteiger partial charge in [0.1, 0.15) is 5.71 Å². The number of nitrogens with one attached hydrogen (secondary N) is 1. The molecule has 0 aliphatic heterocycles. The van der Waals surface area contributed by atoms with E-state index in [2.05, 4.69) is 10.5 Å². The average molecular weight is 248 g/mol. The largest absolute Gasteiger partial charge is 0.287 e. The van der Waals surface area contributed by atoms with Gasteiger partial charge in [-0.25, -0.2) is 0 Å². The summed E-state index contributed by atoms with van der Waals surface area (Å²) >= 11 is 0. The highest BCUT2D eigenvalue weighted by atomic mass is 16.1. The maximum absolute atomic E-state index is 11.9. The second-order valence-corrected chi connectivity index (χ2v) is 4.22. The van der Waals surface area contributed by atoms with Gasteiger partial charge in [0.2, 0.25) is 5.78 Å². The van der Waals surface area contributed by atoms with E-state index in [0.29, 0.717) is 5.71 Å². The minimum atomic E-state index is -0.0814. The van der Waals surface area contributed by atoms with Crippen LogP contribution in [0.4, 0.5) is 5.69 Å². The van der Waals surface area contributed by atoms with Gasteiger partial charge in [-0.3, -0.25) is 10.2 Å². The number of nitrogens with zero attached hydrogens (tertiary/aromatic N) is 1. The summed E-state index contributed by atoms with van der Waals surface area (Å²) < 4.78 is 0. The van der Waals surface area contributed by atoms with Crippen molar-refractivity contribution in [1.29, 1.82) is 0 Å². The van der Waals surface area contributed by atoms with Crippen LogP contribution in [0.25, 0.3) is 6.08 Å². The van der Waals surface area contributed by atoms with Crippen molar-refractivity contribution in [3.8, 4) is 0 Å². The van der Waals surface area contributed by atoms with Gasteiger partial charge in [0.25, 0.3) is 0 Å².